The van der Waals surface area contributed by atoms with Crippen molar-refractivity contribution >= 4 is 27.0 Å². The van der Waals surface area contributed by atoms with Gasteiger partial charge in [-0.3, -0.25) is 0 Å². The molecule has 1 aliphatic heterocycles. The lowest BCUT2D eigenvalue weighted by Crippen LogP contribution is -2.28. The number of sulfonamides is 1. The van der Waals surface area contributed by atoms with Crippen molar-refractivity contribution in [1.82, 2.24) is 4.31 Å². The number of hydrogen-bond donors (Lipinski definition) is 1. The Kier molecular flexibility index (Phi) is 3.72. The first-order valence-electron chi connectivity index (χ1n) is 5.37. The molecule has 0 amide bonds. The normalized spacial score (nSPS) is 22.1. The fraction of sp³-hybridized carbons (Fsp3) is 0.600. The van der Waals surface area contributed by atoms with Crippen LogP contribution in [0.5, 0.6) is 0 Å². The number of nitrogens with zero attached hydrogens (tertiary/aromatic N) is 1. The van der Waals surface area contributed by atoms with Gasteiger partial charge in [0.2, 0.25) is 0 Å². The van der Waals surface area contributed by atoms with Crippen LogP contribution in [0.3, 0.4) is 0 Å². The molecule has 1 saturated heterocycles. The van der Waals surface area contributed by atoms with Gasteiger partial charge in [-0.25, -0.2) is 8.42 Å². The van der Waals surface area contributed by atoms with Crippen LogP contribution in [0, 0.1) is 5.92 Å². The van der Waals surface area contributed by atoms with Crippen molar-refractivity contribution < 1.29 is 13.2 Å². The molecule has 1 fully saturated rings. The Balaban J connectivity index is 2.13. The fourth-order valence-corrected chi connectivity index (χ4v) is 4.74. The molecule has 2 rings (SSSR count). The van der Waals surface area contributed by atoms with Crippen LogP contribution in [0.15, 0.2) is 15.7 Å². The molecule has 0 spiro atoms. The van der Waals surface area contributed by atoms with Crippen LogP contribution in [0.2, 0.25) is 0 Å². The van der Waals surface area contributed by atoms with Gasteiger partial charge < -0.3 is 10.5 Å². The molecule has 2 N–H and O–H groups in total. The number of ether oxygens (including phenoxy) is 1. The topological polar surface area (TPSA) is 72.6 Å². The quantitative estimate of drug-likeness (QED) is 0.890. The van der Waals surface area contributed by atoms with Crippen molar-refractivity contribution in [3.8, 4) is 0 Å². The number of anilines is 1. The average molecular weight is 276 g/mol. The maximum atomic E-state index is 12.2. The van der Waals surface area contributed by atoms with Crippen LogP contribution in [0.4, 0.5) is 5.69 Å². The first-order valence-corrected chi connectivity index (χ1v) is 7.69. The Morgan fingerprint density at radius 1 is 1.65 bits per heavy atom. The molecule has 2 heterocycles. The highest BCUT2D eigenvalue weighted by Gasteiger charge is 2.33. The van der Waals surface area contributed by atoms with E-state index < -0.39 is 10.0 Å². The van der Waals surface area contributed by atoms with Gasteiger partial charge in [-0.2, -0.15) is 4.31 Å². The summed E-state index contributed by atoms with van der Waals surface area (Å²) in [6.45, 7) is 1.71. The minimum absolute atomic E-state index is 0.298. The molecule has 1 atom stereocenters. The van der Waals surface area contributed by atoms with Gasteiger partial charge in [-0.1, -0.05) is 0 Å². The highest BCUT2D eigenvalue weighted by Crippen LogP contribution is 2.29. The van der Waals surface area contributed by atoms with Gasteiger partial charge in [-0.05, 0) is 18.4 Å². The summed E-state index contributed by atoms with van der Waals surface area (Å²) in [5, 5.41) is 1.65. The minimum Gasteiger partial charge on any atom is -0.398 e. The molecule has 0 saturated carbocycles. The number of nitrogens with two attached hydrogens (primary N) is 1. The summed E-state index contributed by atoms with van der Waals surface area (Å²) in [5.41, 5.74) is 6.06. The Morgan fingerprint density at radius 2 is 2.41 bits per heavy atom. The summed E-state index contributed by atoms with van der Waals surface area (Å²) in [5.74, 6) is 0.298. The van der Waals surface area contributed by atoms with E-state index in [1.54, 1.807) is 12.5 Å². The smallest absolute Gasteiger partial charge is 0.252 e. The highest BCUT2D eigenvalue weighted by atomic mass is 32.2. The minimum atomic E-state index is -3.35. The van der Waals surface area contributed by atoms with E-state index in [1.807, 2.05) is 0 Å². The molecule has 1 aromatic heterocycles. The molecule has 7 heteroatoms. The molecule has 0 radical (unpaired) electrons. The second kappa shape index (κ2) is 4.93. The Hall–Kier alpha value is -0.630. The lowest BCUT2D eigenvalue weighted by molar-refractivity contribution is 0.157. The standard InChI is InChI=1S/C10H16N2O3S2/c1-15-6-8-2-3-12(5-8)17(13,14)10-4-9(11)7-16-10/h4,7-8H,2-3,5-6,11H2,1H3. The Labute approximate surface area is 105 Å². The Bertz CT molecular complexity index is 483. The molecule has 0 aliphatic carbocycles. The summed E-state index contributed by atoms with van der Waals surface area (Å²) >= 11 is 1.17. The van der Waals surface area contributed by atoms with E-state index in [9.17, 15) is 8.42 Å². The molecule has 0 aromatic carbocycles. The molecule has 17 heavy (non-hydrogen) atoms. The third-order valence-corrected chi connectivity index (χ3v) is 6.14. The van der Waals surface area contributed by atoms with Crippen LogP contribution in [0.1, 0.15) is 6.42 Å². The van der Waals surface area contributed by atoms with Gasteiger partial charge in [0.25, 0.3) is 10.0 Å². The van der Waals surface area contributed by atoms with Crippen molar-refractivity contribution in [2.24, 2.45) is 5.92 Å². The zero-order valence-electron chi connectivity index (χ0n) is 9.63. The molecule has 5 nitrogen and oxygen atoms in total. The predicted molar refractivity (Wildman–Crippen MR) is 67.5 cm³/mol. The van der Waals surface area contributed by atoms with Gasteiger partial charge >= 0.3 is 0 Å². The van der Waals surface area contributed by atoms with Crippen molar-refractivity contribution in [2.75, 3.05) is 32.5 Å². The summed E-state index contributed by atoms with van der Waals surface area (Å²) < 4.78 is 31.4. The fourth-order valence-electron chi connectivity index (χ4n) is 1.98. The molecular weight excluding hydrogens is 260 g/mol. The average Bonchev–Trinajstić information content (AvgIpc) is 2.88. The molecule has 96 valence electrons. The van der Waals surface area contributed by atoms with Crippen LogP contribution >= 0.6 is 11.3 Å². The van der Waals surface area contributed by atoms with E-state index in [4.69, 9.17) is 10.5 Å². The zero-order valence-corrected chi connectivity index (χ0v) is 11.3. The van der Waals surface area contributed by atoms with Gasteiger partial charge in [0, 0.05) is 31.3 Å². The monoisotopic (exact) mass is 276 g/mol. The van der Waals surface area contributed by atoms with Crippen molar-refractivity contribution in [3.63, 3.8) is 0 Å². The number of thiophene rings is 1. The largest absolute Gasteiger partial charge is 0.398 e. The molecule has 1 aliphatic rings. The second-order valence-electron chi connectivity index (χ2n) is 4.17. The van der Waals surface area contributed by atoms with Gasteiger partial charge in [-0.15, -0.1) is 11.3 Å². The zero-order chi connectivity index (χ0) is 12.5. The molecule has 1 unspecified atom stereocenters. The first-order chi connectivity index (χ1) is 8.04. The lowest BCUT2D eigenvalue weighted by atomic mass is 10.1. The summed E-state index contributed by atoms with van der Waals surface area (Å²) in [6.07, 6.45) is 0.855. The van der Waals surface area contributed by atoms with E-state index in [2.05, 4.69) is 0 Å². The number of methoxy groups -OCH3 is 1. The first kappa shape index (κ1) is 12.8. The lowest BCUT2D eigenvalue weighted by Gasteiger charge is -2.14. The third kappa shape index (κ3) is 2.62. The predicted octanol–water partition coefficient (Wildman–Crippen LogP) is 0.987. The van der Waals surface area contributed by atoms with Crippen molar-refractivity contribution in [1.29, 1.82) is 0 Å². The molecule has 1 aromatic rings. The van der Waals surface area contributed by atoms with Crippen LogP contribution in [-0.4, -0.2) is 39.5 Å². The molecule has 0 bridgehead atoms. The van der Waals surface area contributed by atoms with Crippen LogP contribution in [0.25, 0.3) is 0 Å². The van der Waals surface area contributed by atoms with E-state index in [0.717, 1.165) is 6.42 Å². The third-order valence-electron chi connectivity index (χ3n) is 2.84. The van der Waals surface area contributed by atoms with Crippen molar-refractivity contribution in [3.05, 3.63) is 11.4 Å². The van der Waals surface area contributed by atoms with E-state index in [-0.39, 0.29) is 0 Å². The summed E-state index contributed by atoms with van der Waals surface area (Å²) in [6, 6.07) is 1.52. The summed E-state index contributed by atoms with van der Waals surface area (Å²) in [4.78, 5) is 0. The maximum absolute atomic E-state index is 12.2. The number of hydrogen-bond acceptors (Lipinski definition) is 5. The SMILES string of the molecule is COCC1CCN(S(=O)(=O)c2cc(N)cs2)C1. The van der Waals surface area contributed by atoms with E-state index >= 15 is 0 Å². The van der Waals surface area contributed by atoms with E-state index in [0.29, 0.717) is 35.5 Å². The summed E-state index contributed by atoms with van der Waals surface area (Å²) in [7, 11) is -1.72. The second-order valence-corrected chi connectivity index (χ2v) is 7.25. The Morgan fingerprint density at radius 3 is 3.00 bits per heavy atom. The number of rotatable bonds is 4. The van der Waals surface area contributed by atoms with Gasteiger partial charge in [0.05, 0.1) is 6.61 Å². The number of nitrogen functional groups attached to an aromatic ring is 1. The van der Waals surface area contributed by atoms with Gasteiger partial charge in [0.15, 0.2) is 0 Å². The maximum Gasteiger partial charge on any atom is 0.252 e. The van der Waals surface area contributed by atoms with Crippen molar-refractivity contribution in [2.45, 2.75) is 10.6 Å². The van der Waals surface area contributed by atoms with Gasteiger partial charge in [0.1, 0.15) is 4.21 Å². The molecular formula is C10H16N2O3S2. The van der Waals surface area contributed by atoms with Crippen LogP contribution in [-0.2, 0) is 14.8 Å². The van der Waals surface area contributed by atoms with E-state index in [1.165, 1.54) is 21.7 Å². The highest BCUT2D eigenvalue weighted by molar-refractivity contribution is 7.91. The van der Waals surface area contributed by atoms with Crippen LogP contribution < -0.4 is 5.73 Å².